The summed E-state index contributed by atoms with van der Waals surface area (Å²) in [4.78, 5) is 24.5. The van der Waals surface area contributed by atoms with Crippen molar-refractivity contribution in [3.63, 3.8) is 0 Å². The molecular formula is C34H32N4O8. The van der Waals surface area contributed by atoms with Gasteiger partial charge in [-0.2, -0.15) is 10.2 Å². The summed E-state index contributed by atoms with van der Waals surface area (Å²) >= 11 is 0. The monoisotopic (exact) mass is 624 g/mol. The maximum Gasteiger partial charge on any atom is 0.271 e. The number of nitrogens with one attached hydrogen (secondary N) is 2. The first-order valence-electron chi connectivity index (χ1n) is 14.2. The van der Waals surface area contributed by atoms with Gasteiger partial charge in [0.2, 0.25) is 0 Å². The van der Waals surface area contributed by atoms with Crippen LogP contribution in [-0.4, -0.2) is 64.3 Å². The van der Waals surface area contributed by atoms with Crippen LogP contribution in [0.2, 0.25) is 0 Å². The quantitative estimate of drug-likeness (QED) is 0.175. The van der Waals surface area contributed by atoms with Crippen molar-refractivity contribution in [1.29, 1.82) is 0 Å². The van der Waals surface area contributed by atoms with E-state index in [0.717, 1.165) is 11.1 Å². The van der Waals surface area contributed by atoms with Crippen LogP contribution in [-0.2, 0) is 9.47 Å². The first-order chi connectivity index (χ1) is 22.5. The van der Waals surface area contributed by atoms with Gasteiger partial charge in [-0.3, -0.25) is 9.59 Å². The Morgan fingerprint density at radius 1 is 0.587 bits per heavy atom. The molecule has 2 N–H and O–H groups in total. The molecule has 1 aliphatic heterocycles. The third-order valence-electron chi connectivity index (χ3n) is 6.60. The Balaban J connectivity index is 1.10. The lowest BCUT2D eigenvalue weighted by Crippen LogP contribution is -2.45. The van der Waals surface area contributed by atoms with E-state index in [1.165, 1.54) is 12.4 Å². The molecule has 0 aromatic heterocycles. The molecule has 12 heteroatoms. The minimum absolute atomic E-state index is 0.337. The zero-order valence-electron chi connectivity index (χ0n) is 25.1. The summed E-state index contributed by atoms with van der Waals surface area (Å²) < 4.78 is 33.7. The molecule has 5 rings (SSSR count). The predicted molar refractivity (Wildman–Crippen MR) is 170 cm³/mol. The van der Waals surface area contributed by atoms with E-state index in [-0.39, 0.29) is 11.8 Å². The molecule has 0 spiro atoms. The van der Waals surface area contributed by atoms with Crippen molar-refractivity contribution in [2.24, 2.45) is 10.2 Å². The molecule has 4 aromatic carbocycles. The van der Waals surface area contributed by atoms with Crippen molar-refractivity contribution >= 4 is 24.2 Å². The van der Waals surface area contributed by atoms with Crippen molar-refractivity contribution < 1.29 is 38.0 Å². The summed E-state index contributed by atoms with van der Waals surface area (Å²) in [6.07, 6.45) is 1.43. The Bertz CT molecular complexity index is 1520. The van der Waals surface area contributed by atoms with Gasteiger partial charge in [0.05, 0.1) is 39.9 Å². The number of rotatable bonds is 12. The summed E-state index contributed by atoms with van der Waals surface area (Å²) in [7, 11) is 3.13. The normalized spacial score (nSPS) is 16.1. The number of hydrogen-bond acceptors (Lipinski definition) is 10. The largest absolute Gasteiger partial charge is 0.497 e. The van der Waals surface area contributed by atoms with Gasteiger partial charge >= 0.3 is 0 Å². The fourth-order valence-electron chi connectivity index (χ4n) is 4.14. The number of ether oxygens (including phenoxy) is 6. The van der Waals surface area contributed by atoms with Crippen molar-refractivity contribution in [3.05, 3.63) is 119 Å². The summed E-state index contributed by atoms with van der Waals surface area (Å²) in [5.41, 5.74) is 7.42. The summed E-state index contributed by atoms with van der Waals surface area (Å²) in [6, 6.07) is 27.6. The highest BCUT2D eigenvalue weighted by Gasteiger charge is 2.31. The van der Waals surface area contributed by atoms with Crippen molar-refractivity contribution in [1.82, 2.24) is 10.9 Å². The molecule has 0 radical (unpaired) electrons. The van der Waals surface area contributed by atoms with Crippen LogP contribution in [0.3, 0.4) is 0 Å². The van der Waals surface area contributed by atoms with E-state index >= 15 is 0 Å². The Morgan fingerprint density at radius 2 is 0.935 bits per heavy atom. The molecule has 1 saturated heterocycles. The zero-order valence-corrected chi connectivity index (χ0v) is 25.1. The lowest BCUT2D eigenvalue weighted by molar-refractivity contribution is -0.271. The Labute approximate surface area is 265 Å². The first-order valence-corrected chi connectivity index (χ1v) is 14.2. The van der Waals surface area contributed by atoms with Crippen LogP contribution in [0.5, 0.6) is 23.0 Å². The summed E-state index contributed by atoms with van der Waals surface area (Å²) in [5.74, 6) is 1.72. The molecule has 0 aliphatic carbocycles. The van der Waals surface area contributed by atoms with Crippen LogP contribution in [0.4, 0.5) is 0 Å². The Kier molecular flexibility index (Phi) is 10.9. The van der Waals surface area contributed by atoms with Gasteiger partial charge in [-0.25, -0.2) is 10.9 Å². The molecule has 1 fully saturated rings. The van der Waals surface area contributed by atoms with E-state index in [9.17, 15) is 9.59 Å². The van der Waals surface area contributed by atoms with Crippen LogP contribution in [0.1, 0.15) is 31.8 Å². The Morgan fingerprint density at radius 3 is 1.28 bits per heavy atom. The molecule has 0 bridgehead atoms. The minimum atomic E-state index is -0.813. The molecule has 2 atom stereocenters. The molecule has 1 aliphatic rings. The average molecular weight is 625 g/mol. The van der Waals surface area contributed by atoms with Crippen molar-refractivity contribution in [3.8, 4) is 23.0 Å². The molecule has 2 amide bonds. The van der Waals surface area contributed by atoms with E-state index in [1.807, 2.05) is 0 Å². The van der Waals surface area contributed by atoms with E-state index in [1.54, 1.807) is 111 Å². The van der Waals surface area contributed by atoms with Gasteiger partial charge in [0, 0.05) is 11.1 Å². The molecule has 12 nitrogen and oxygen atoms in total. The van der Waals surface area contributed by atoms with Gasteiger partial charge in [-0.15, -0.1) is 0 Å². The highest BCUT2D eigenvalue weighted by atomic mass is 16.8. The predicted octanol–water partition coefficient (Wildman–Crippen LogP) is 4.39. The second-order valence-electron chi connectivity index (χ2n) is 9.71. The topological polar surface area (TPSA) is 138 Å². The second kappa shape index (κ2) is 15.8. The molecule has 46 heavy (non-hydrogen) atoms. The Hall–Kier alpha value is -5.72. The molecule has 2 unspecified atom stereocenters. The summed E-state index contributed by atoms with van der Waals surface area (Å²) in [5, 5.41) is 8.04. The maximum absolute atomic E-state index is 12.3. The number of amides is 2. The minimum Gasteiger partial charge on any atom is -0.497 e. The lowest BCUT2D eigenvalue weighted by atomic mass is 10.2. The number of hydrogen-bond donors (Lipinski definition) is 2. The number of carbonyl (C=O) groups excluding carboxylic acids is 2. The van der Waals surface area contributed by atoms with Gasteiger partial charge in [-0.05, 0) is 108 Å². The van der Waals surface area contributed by atoms with Crippen LogP contribution in [0.15, 0.2) is 107 Å². The number of carbonyl (C=O) groups is 2. The molecule has 0 saturated carbocycles. The molecule has 236 valence electrons. The van der Waals surface area contributed by atoms with Crippen LogP contribution in [0, 0.1) is 0 Å². The van der Waals surface area contributed by atoms with Gasteiger partial charge in [-0.1, -0.05) is 0 Å². The van der Waals surface area contributed by atoms with Crippen molar-refractivity contribution in [2.75, 3.05) is 27.4 Å². The standard InChI is InChI=1S/C34H32N4O8/c1-41-27-15-7-25(8-16-27)31(39)37-35-21-23-3-11-29(12-4-23)45-33-34(44-20-19-43-33)46-30-13-5-24(6-14-30)22-36-38-32(40)26-9-17-28(42-2)18-10-26/h3-18,21-22,33-34H,19-20H2,1-2H3,(H,37,39)(H,38,40)/b35-21+,36-22+. The van der Waals surface area contributed by atoms with Gasteiger partial charge < -0.3 is 28.4 Å². The third-order valence-corrected chi connectivity index (χ3v) is 6.60. The van der Waals surface area contributed by atoms with E-state index in [2.05, 4.69) is 21.1 Å². The molecule has 1 heterocycles. The van der Waals surface area contributed by atoms with E-state index in [0.29, 0.717) is 47.3 Å². The summed E-state index contributed by atoms with van der Waals surface area (Å²) in [6.45, 7) is 0.696. The van der Waals surface area contributed by atoms with Gasteiger partial charge in [0.25, 0.3) is 24.4 Å². The highest BCUT2D eigenvalue weighted by Crippen LogP contribution is 2.22. The maximum atomic E-state index is 12.3. The van der Waals surface area contributed by atoms with Gasteiger partial charge in [0.15, 0.2) is 0 Å². The third kappa shape index (κ3) is 8.91. The number of nitrogens with zero attached hydrogens (tertiary/aromatic N) is 2. The second-order valence-corrected chi connectivity index (χ2v) is 9.71. The van der Waals surface area contributed by atoms with Crippen LogP contribution < -0.4 is 29.8 Å². The highest BCUT2D eigenvalue weighted by molar-refractivity contribution is 5.95. The van der Waals surface area contributed by atoms with Crippen molar-refractivity contribution in [2.45, 2.75) is 12.6 Å². The lowest BCUT2D eigenvalue weighted by Gasteiger charge is -2.31. The molecule has 4 aromatic rings. The zero-order chi connectivity index (χ0) is 32.1. The van der Waals surface area contributed by atoms with E-state index in [4.69, 9.17) is 28.4 Å². The van der Waals surface area contributed by atoms with Crippen LogP contribution in [0.25, 0.3) is 0 Å². The van der Waals surface area contributed by atoms with E-state index < -0.39 is 12.6 Å². The fraction of sp³-hybridized carbons (Fsp3) is 0.176. The van der Waals surface area contributed by atoms with Gasteiger partial charge in [0.1, 0.15) is 23.0 Å². The number of methoxy groups -OCH3 is 2. The smallest absolute Gasteiger partial charge is 0.271 e. The SMILES string of the molecule is COc1ccc(C(=O)N/N=C/c2ccc(OC3OCCOC3Oc3ccc(/C=N/NC(=O)c4ccc(OC)cc4)cc3)cc2)cc1. The van der Waals surface area contributed by atoms with Crippen LogP contribution >= 0.6 is 0 Å². The fourth-order valence-corrected chi connectivity index (χ4v) is 4.14. The average Bonchev–Trinajstić information content (AvgIpc) is 3.10. The number of hydrazone groups is 2. The molecular weight excluding hydrogens is 592 g/mol. The number of benzene rings is 4. The first kappa shape index (κ1) is 31.7.